The van der Waals surface area contributed by atoms with Crippen LogP contribution in [-0.4, -0.2) is 61.4 Å². The molecule has 0 atom stereocenters. The van der Waals surface area contributed by atoms with Gasteiger partial charge in [0.1, 0.15) is 5.82 Å². The first-order chi connectivity index (χ1) is 20.5. The maximum absolute atomic E-state index is 13.3. The molecular weight excluding hydrogens is 549 g/mol. The summed E-state index contributed by atoms with van der Waals surface area (Å²) in [6, 6.07) is 19.0. The van der Waals surface area contributed by atoms with Crippen LogP contribution in [0.25, 0.3) is 0 Å². The average molecular weight is 590 g/mol. The van der Waals surface area contributed by atoms with E-state index in [1.54, 1.807) is 24.3 Å². The Hall–Kier alpha value is -3.69. The number of benzene rings is 3. The third kappa shape index (κ3) is 9.16. The summed E-state index contributed by atoms with van der Waals surface area (Å²) in [5.41, 5.74) is 6.51. The lowest BCUT2D eigenvalue weighted by molar-refractivity contribution is 0.0956. The Morgan fingerprint density at radius 1 is 0.976 bits per heavy atom. The van der Waals surface area contributed by atoms with Gasteiger partial charge in [-0.1, -0.05) is 38.1 Å². The van der Waals surface area contributed by atoms with Crippen LogP contribution in [-0.2, 0) is 5.75 Å². The summed E-state index contributed by atoms with van der Waals surface area (Å²) in [6.45, 7) is 9.34. The normalized spacial score (nSPS) is 13.5. The first-order valence-corrected chi connectivity index (χ1v) is 15.8. The van der Waals surface area contributed by atoms with Crippen molar-refractivity contribution in [1.82, 2.24) is 10.3 Å². The van der Waals surface area contributed by atoms with E-state index in [-0.39, 0.29) is 11.7 Å². The monoisotopic (exact) mass is 589 g/mol. The molecule has 1 fully saturated rings. The molecule has 42 heavy (non-hydrogen) atoms. The van der Waals surface area contributed by atoms with Crippen LogP contribution in [0.2, 0.25) is 0 Å². The molecule has 2 amide bonds. The Labute approximate surface area is 252 Å². The molecule has 0 bridgehead atoms. The topological polar surface area (TPSA) is 77.0 Å². The highest BCUT2D eigenvalue weighted by molar-refractivity contribution is 7.98. The second-order valence-electron chi connectivity index (χ2n) is 10.3. The number of rotatable bonds is 13. The maximum atomic E-state index is 13.3. The molecule has 0 radical (unpaired) electrons. The number of hydrogen-bond acceptors (Lipinski definition) is 6. The number of anilines is 2. The van der Waals surface area contributed by atoms with E-state index in [0.29, 0.717) is 22.4 Å². The average Bonchev–Trinajstić information content (AvgIpc) is 3.02. The fourth-order valence-corrected chi connectivity index (χ4v) is 5.82. The van der Waals surface area contributed by atoms with Gasteiger partial charge in [0.05, 0.1) is 17.5 Å². The molecule has 222 valence electrons. The van der Waals surface area contributed by atoms with Crippen molar-refractivity contribution in [2.45, 2.75) is 38.9 Å². The molecule has 7 nitrogen and oxygen atoms in total. The van der Waals surface area contributed by atoms with Crippen LogP contribution < -0.4 is 15.6 Å². The van der Waals surface area contributed by atoms with Crippen LogP contribution in [0.3, 0.4) is 0 Å². The molecular formula is C33H40FN5O2S. The largest absolute Gasteiger partial charge is 0.372 e. The Kier molecular flexibility index (Phi) is 12.0. The Morgan fingerprint density at radius 3 is 2.48 bits per heavy atom. The van der Waals surface area contributed by atoms with Gasteiger partial charge in [0.2, 0.25) is 0 Å². The van der Waals surface area contributed by atoms with Crippen molar-refractivity contribution >= 4 is 41.2 Å². The third-order valence-corrected chi connectivity index (χ3v) is 8.38. The molecule has 1 aliphatic heterocycles. The minimum atomic E-state index is -0.444. The van der Waals surface area contributed by atoms with E-state index in [9.17, 15) is 14.0 Å². The van der Waals surface area contributed by atoms with E-state index in [1.807, 2.05) is 42.1 Å². The van der Waals surface area contributed by atoms with Gasteiger partial charge in [-0.3, -0.25) is 9.59 Å². The van der Waals surface area contributed by atoms with E-state index in [1.165, 1.54) is 24.8 Å². The zero-order chi connectivity index (χ0) is 29.7. The highest BCUT2D eigenvalue weighted by Crippen LogP contribution is 2.27. The molecule has 0 unspecified atom stereocenters. The molecule has 0 aromatic heterocycles. The number of hydrogen-bond donors (Lipinski definition) is 2. The molecule has 1 heterocycles. The van der Waals surface area contributed by atoms with Gasteiger partial charge in [0.25, 0.3) is 11.8 Å². The number of hydrazone groups is 1. The second kappa shape index (κ2) is 16.1. The van der Waals surface area contributed by atoms with Gasteiger partial charge in [-0.25, -0.2) is 9.82 Å². The number of halogens is 1. The lowest BCUT2D eigenvalue weighted by Gasteiger charge is -2.29. The number of nitrogens with zero attached hydrogens (tertiary/aromatic N) is 3. The molecule has 9 heteroatoms. The maximum Gasteiger partial charge on any atom is 0.273 e. The van der Waals surface area contributed by atoms with Crippen molar-refractivity contribution in [2.75, 3.05) is 48.7 Å². The number of nitrogens with one attached hydrogen (secondary N) is 2. The summed E-state index contributed by atoms with van der Waals surface area (Å²) in [6.07, 6.45) is 4.86. The van der Waals surface area contributed by atoms with Crippen LogP contribution in [0.15, 0.2) is 71.8 Å². The smallest absolute Gasteiger partial charge is 0.273 e. The van der Waals surface area contributed by atoms with Crippen molar-refractivity contribution in [2.24, 2.45) is 5.10 Å². The van der Waals surface area contributed by atoms with Crippen molar-refractivity contribution in [3.8, 4) is 0 Å². The van der Waals surface area contributed by atoms with Crippen molar-refractivity contribution in [1.29, 1.82) is 0 Å². The van der Waals surface area contributed by atoms with Gasteiger partial charge in [-0.05, 0) is 85.9 Å². The second-order valence-corrected chi connectivity index (χ2v) is 11.4. The van der Waals surface area contributed by atoms with Crippen molar-refractivity contribution in [3.05, 3.63) is 94.8 Å². The summed E-state index contributed by atoms with van der Waals surface area (Å²) in [4.78, 5) is 31.3. The molecule has 2 N–H and O–H groups in total. The van der Waals surface area contributed by atoms with E-state index in [2.05, 4.69) is 39.5 Å². The van der Waals surface area contributed by atoms with Gasteiger partial charge < -0.3 is 15.1 Å². The van der Waals surface area contributed by atoms with Crippen LogP contribution in [0.1, 0.15) is 65.0 Å². The highest BCUT2D eigenvalue weighted by atomic mass is 32.2. The minimum Gasteiger partial charge on any atom is -0.372 e. The fourth-order valence-electron chi connectivity index (χ4n) is 4.87. The first-order valence-electron chi connectivity index (χ1n) is 14.6. The molecule has 3 aromatic rings. The van der Waals surface area contributed by atoms with E-state index >= 15 is 0 Å². The molecule has 1 aliphatic rings. The molecule has 0 aliphatic carbocycles. The standard InChI is InChI=1S/C33H40FN5O2S/c1-3-38(4-2)19-20-42-24-26-9-8-10-27(21-26)32(40)36-31-16-15-29(39-17-6-5-7-18-39)22-30(31)33(41)37-35-23-25-11-13-28(34)14-12-25/h8-16,21-23H,3-7,17-20,24H2,1-2H3,(H,36,40)(H,37,41)/b35-23+. The van der Waals surface area contributed by atoms with Crippen LogP contribution in [0.4, 0.5) is 15.8 Å². The number of carbonyl (C=O) groups is 2. The van der Waals surface area contributed by atoms with Crippen molar-refractivity contribution in [3.63, 3.8) is 0 Å². The zero-order valence-electron chi connectivity index (χ0n) is 24.4. The number of thioether (sulfide) groups is 1. The fraction of sp³-hybridized carbons (Fsp3) is 0.364. The van der Waals surface area contributed by atoms with Gasteiger partial charge >= 0.3 is 0 Å². The summed E-state index contributed by atoms with van der Waals surface area (Å²) in [5, 5.41) is 7.01. The van der Waals surface area contributed by atoms with E-state index in [0.717, 1.165) is 68.3 Å². The lowest BCUT2D eigenvalue weighted by Crippen LogP contribution is -2.30. The minimum absolute atomic E-state index is 0.278. The first kappa shape index (κ1) is 31.3. The Bertz CT molecular complexity index is 1350. The van der Waals surface area contributed by atoms with Crippen LogP contribution in [0, 0.1) is 5.82 Å². The quantitative estimate of drug-likeness (QED) is 0.137. The van der Waals surface area contributed by atoms with Gasteiger partial charge in [0.15, 0.2) is 0 Å². The van der Waals surface area contributed by atoms with Crippen molar-refractivity contribution < 1.29 is 14.0 Å². The number of carbonyl (C=O) groups excluding carboxylic acids is 2. The highest BCUT2D eigenvalue weighted by Gasteiger charge is 2.19. The molecule has 0 spiro atoms. The predicted octanol–water partition coefficient (Wildman–Crippen LogP) is 6.41. The van der Waals surface area contributed by atoms with Crippen LogP contribution >= 0.6 is 11.8 Å². The SMILES string of the molecule is CCN(CC)CCSCc1cccc(C(=O)Nc2ccc(N3CCCCC3)cc2C(=O)N/N=C/c2ccc(F)cc2)c1. The summed E-state index contributed by atoms with van der Waals surface area (Å²) in [7, 11) is 0. The predicted molar refractivity (Wildman–Crippen MR) is 172 cm³/mol. The lowest BCUT2D eigenvalue weighted by atomic mass is 10.1. The zero-order valence-corrected chi connectivity index (χ0v) is 25.3. The van der Waals surface area contributed by atoms with Gasteiger partial charge in [-0.2, -0.15) is 16.9 Å². The number of amides is 2. The summed E-state index contributed by atoms with van der Waals surface area (Å²) < 4.78 is 13.2. The Morgan fingerprint density at radius 2 is 1.74 bits per heavy atom. The summed E-state index contributed by atoms with van der Waals surface area (Å²) in [5.74, 6) is 0.794. The molecule has 4 rings (SSSR count). The molecule has 3 aromatic carbocycles. The van der Waals surface area contributed by atoms with E-state index < -0.39 is 5.91 Å². The van der Waals surface area contributed by atoms with Gasteiger partial charge in [-0.15, -0.1) is 0 Å². The van der Waals surface area contributed by atoms with Gasteiger partial charge in [0, 0.05) is 42.4 Å². The third-order valence-electron chi connectivity index (χ3n) is 7.37. The summed E-state index contributed by atoms with van der Waals surface area (Å²) >= 11 is 1.85. The Balaban J connectivity index is 1.47. The molecule has 1 saturated heterocycles. The number of piperidine rings is 1. The molecule has 0 saturated carbocycles. The van der Waals surface area contributed by atoms with E-state index in [4.69, 9.17) is 0 Å². The van der Waals surface area contributed by atoms with Crippen LogP contribution in [0.5, 0.6) is 0 Å².